The zero-order chi connectivity index (χ0) is 16.2. The summed E-state index contributed by atoms with van der Waals surface area (Å²) >= 11 is 0. The van der Waals surface area contributed by atoms with Gasteiger partial charge in [0.15, 0.2) is 5.82 Å². The van der Waals surface area contributed by atoms with Gasteiger partial charge in [0.25, 0.3) is 0 Å². The Morgan fingerprint density at radius 3 is 2.96 bits per heavy atom. The smallest absolute Gasteiger partial charge is 0.219 e. The van der Waals surface area contributed by atoms with Crippen LogP contribution in [0.5, 0.6) is 0 Å². The summed E-state index contributed by atoms with van der Waals surface area (Å²) in [7, 11) is 0. The van der Waals surface area contributed by atoms with E-state index in [1.807, 2.05) is 36.1 Å². The minimum absolute atomic E-state index is 0.155. The van der Waals surface area contributed by atoms with E-state index < -0.39 is 0 Å². The lowest BCUT2D eigenvalue weighted by molar-refractivity contribution is -0.127. The van der Waals surface area contributed by atoms with E-state index in [1.54, 1.807) is 13.1 Å². The first-order valence-corrected chi connectivity index (χ1v) is 7.88. The summed E-state index contributed by atoms with van der Waals surface area (Å²) in [5.41, 5.74) is 1.67. The van der Waals surface area contributed by atoms with Crippen LogP contribution in [0.2, 0.25) is 0 Å². The molecular weight excluding hydrogens is 290 g/mol. The lowest BCUT2D eigenvalue weighted by Gasteiger charge is -2.15. The van der Waals surface area contributed by atoms with Crippen LogP contribution in [0.1, 0.15) is 19.0 Å². The molecule has 1 amide bonds. The lowest BCUT2D eigenvalue weighted by atomic mass is 10.1. The molecular formula is C17H21N5O. The first kappa shape index (κ1) is 15.4. The summed E-state index contributed by atoms with van der Waals surface area (Å²) in [6.07, 6.45) is 2.77. The zero-order valence-electron chi connectivity index (χ0n) is 13.5. The predicted octanol–water partition coefficient (Wildman–Crippen LogP) is 2.13. The summed E-state index contributed by atoms with van der Waals surface area (Å²) in [6.45, 7) is 6.06. The molecule has 1 N–H and O–H groups in total. The number of hydrogen-bond donors (Lipinski definition) is 1. The number of rotatable bonds is 4. The molecule has 0 unspecified atom stereocenters. The number of aromatic nitrogens is 3. The second-order valence-electron chi connectivity index (χ2n) is 5.93. The fraction of sp³-hybridized carbons (Fsp3) is 0.412. The Bertz CT molecular complexity index is 689. The van der Waals surface area contributed by atoms with Crippen molar-refractivity contribution in [2.45, 2.75) is 20.3 Å². The second kappa shape index (κ2) is 6.73. The number of nitrogens with one attached hydrogen (secondary N) is 1. The average molecular weight is 311 g/mol. The molecule has 1 atom stereocenters. The van der Waals surface area contributed by atoms with Crippen molar-refractivity contribution in [3.05, 3.63) is 36.2 Å². The van der Waals surface area contributed by atoms with Crippen molar-refractivity contribution in [2.24, 2.45) is 5.92 Å². The standard InChI is InChI=1S/C17H21N5O/c1-12-9-16(19-10-14-6-8-22(11-14)13(2)23)21-17(20-12)15-5-3-4-7-18-15/h3-5,7,9,14H,6,8,10-11H2,1-2H3,(H,19,20,21)/t14-/m1/s1. The number of anilines is 1. The van der Waals surface area contributed by atoms with Crippen molar-refractivity contribution in [1.29, 1.82) is 0 Å². The maximum atomic E-state index is 11.4. The third kappa shape index (κ3) is 3.83. The van der Waals surface area contributed by atoms with Crippen molar-refractivity contribution >= 4 is 11.7 Å². The Hall–Kier alpha value is -2.50. The minimum Gasteiger partial charge on any atom is -0.370 e. The van der Waals surface area contributed by atoms with Gasteiger partial charge >= 0.3 is 0 Å². The third-order valence-electron chi connectivity index (χ3n) is 4.05. The van der Waals surface area contributed by atoms with Crippen LogP contribution in [0.15, 0.2) is 30.5 Å². The van der Waals surface area contributed by atoms with Crippen LogP contribution in [0.4, 0.5) is 5.82 Å². The first-order valence-electron chi connectivity index (χ1n) is 7.88. The fourth-order valence-corrected chi connectivity index (χ4v) is 2.80. The van der Waals surface area contributed by atoms with Crippen molar-refractivity contribution in [3.8, 4) is 11.5 Å². The van der Waals surface area contributed by atoms with Crippen LogP contribution in [0, 0.1) is 12.8 Å². The Morgan fingerprint density at radius 1 is 1.39 bits per heavy atom. The van der Waals surface area contributed by atoms with Crippen molar-refractivity contribution in [3.63, 3.8) is 0 Å². The Morgan fingerprint density at radius 2 is 2.26 bits per heavy atom. The largest absolute Gasteiger partial charge is 0.370 e. The highest BCUT2D eigenvalue weighted by Gasteiger charge is 2.23. The molecule has 0 bridgehead atoms. The van der Waals surface area contributed by atoms with E-state index in [0.717, 1.165) is 43.3 Å². The van der Waals surface area contributed by atoms with Crippen LogP contribution in [-0.2, 0) is 4.79 Å². The van der Waals surface area contributed by atoms with Crippen molar-refractivity contribution in [1.82, 2.24) is 19.9 Å². The van der Waals surface area contributed by atoms with Gasteiger partial charge < -0.3 is 10.2 Å². The molecule has 1 aliphatic rings. The van der Waals surface area contributed by atoms with Gasteiger partial charge in [0, 0.05) is 44.5 Å². The molecule has 0 radical (unpaired) electrons. The van der Waals surface area contributed by atoms with Gasteiger partial charge in [-0.2, -0.15) is 0 Å². The summed E-state index contributed by atoms with van der Waals surface area (Å²) in [6, 6.07) is 7.64. The zero-order valence-corrected chi connectivity index (χ0v) is 13.5. The van der Waals surface area contributed by atoms with E-state index in [1.165, 1.54) is 0 Å². The summed E-state index contributed by atoms with van der Waals surface area (Å²) in [4.78, 5) is 26.6. The van der Waals surface area contributed by atoms with E-state index in [-0.39, 0.29) is 5.91 Å². The Kier molecular flexibility index (Phi) is 4.50. The maximum Gasteiger partial charge on any atom is 0.219 e. The molecule has 120 valence electrons. The number of hydrogen-bond acceptors (Lipinski definition) is 5. The highest BCUT2D eigenvalue weighted by molar-refractivity contribution is 5.73. The summed E-state index contributed by atoms with van der Waals surface area (Å²) in [5.74, 6) is 2.06. The van der Waals surface area contributed by atoms with Gasteiger partial charge in [-0.1, -0.05) is 6.07 Å². The van der Waals surface area contributed by atoms with Crippen LogP contribution in [0.25, 0.3) is 11.5 Å². The van der Waals surface area contributed by atoms with Crippen LogP contribution >= 0.6 is 0 Å². The Labute approximate surface area is 136 Å². The maximum absolute atomic E-state index is 11.4. The van der Waals surface area contributed by atoms with Gasteiger partial charge in [-0.15, -0.1) is 0 Å². The number of carbonyl (C=O) groups is 1. The molecule has 0 aliphatic carbocycles. The number of nitrogens with zero attached hydrogens (tertiary/aromatic N) is 4. The SMILES string of the molecule is CC(=O)N1CC[C@H](CNc2cc(C)nc(-c3ccccn3)n2)C1. The summed E-state index contributed by atoms with van der Waals surface area (Å²) in [5, 5.41) is 3.38. The van der Waals surface area contributed by atoms with Crippen LogP contribution < -0.4 is 5.32 Å². The minimum atomic E-state index is 0.155. The molecule has 1 fully saturated rings. The number of aryl methyl sites for hydroxylation is 1. The molecule has 0 saturated carbocycles. The monoisotopic (exact) mass is 311 g/mol. The van der Waals surface area contributed by atoms with Gasteiger partial charge in [-0.25, -0.2) is 9.97 Å². The third-order valence-corrected chi connectivity index (χ3v) is 4.05. The first-order chi connectivity index (χ1) is 11.1. The normalized spacial score (nSPS) is 17.3. The van der Waals surface area contributed by atoms with E-state index in [4.69, 9.17) is 0 Å². The summed E-state index contributed by atoms with van der Waals surface area (Å²) < 4.78 is 0. The topological polar surface area (TPSA) is 71.0 Å². The van der Waals surface area contributed by atoms with Crippen LogP contribution in [0.3, 0.4) is 0 Å². The molecule has 1 aliphatic heterocycles. The van der Waals surface area contributed by atoms with E-state index in [2.05, 4.69) is 20.3 Å². The highest BCUT2D eigenvalue weighted by Crippen LogP contribution is 2.19. The van der Waals surface area contributed by atoms with Crippen molar-refractivity contribution < 1.29 is 4.79 Å². The molecule has 2 aromatic rings. The Balaban J connectivity index is 1.67. The molecule has 6 heteroatoms. The molecule has 3 heterocycles. The molecule has 0 spiro atoms. The van der Waals surface area contributed by atoms with Gasteiger partial charge in [-0.05, 0) is 31.4 Å². The van der Waals surface area contributed by atoms with Gasteiger partial charge in [0.05, 0.1) is 0 Å². The van der Waals surface area contributed by atoms with Crippen LogP contribution in [-0.4, -0.2) is 45.4 Å². The number of carbonyl (C=O) groups excluding carboxylic acids is 1. The van der Waals surface area contributed by atoms with E-state index in [9.17, 15) is 4.79 Å². The number of likely N-dealkylation sites (tertiary alicyclic amines) is 1. The molecule has 0 aromatic carbocycles. The average Bonchev–Trinajstić information content (AvgIpc) is 3.03. The highest BCUT2D eigenvalue weighted by atomic mass is 16.2. The quantitative estimate of drug-likeness (QED) is 0.936. The lowest BCUT2D eigenvalue weighted by Crippen LogP contribution is -2.27. The van der Waals surface area contributed by atoms with Gasteiger partial charge in [0.1, 0.15) is 11.5 Å². The molecule has 2 aromatic heterocycles. The van der Waals surface area contributed by atoms with E-state index >= 15 is 0 Å². The fourth-order valence-electron chi connectivity index (χ4n) is 2.80. The number of amides is 1. The number of pyridine rings is 1. The van der Waals surface area contributed by atoms with Crippen molar-refractivity contribution in [2.75, 3.05) is 25.0 Å². The molecule has 1 saturated heterocycles. The van der Waals surface area contributed by atoms with E-state index in [0.29, 0.717) is 11.7 Å². The molecule has 23 heavy (non-hydrogen) atoms. The second-order valence-corrected chi connectivity index (χ2v) is 5.93. The van der Waals surface area contributed by atoms with Gasteiger partial charge in [0.2, 0.25) is 5.91 Å². The van der Waals surface area contributed by atoms with Gasteiger partial charge in [-0.3, -0.25) is 9.78 Å². The predicted molar refractivity (Wildman–Crippen MR) is 88.9 cm³/mol. The molecule has 3 rings (SSSR count). The molecule has 6 nitrogen and oxygen atoms in total.